The van der Waals surface area contributed by atoms with Gasteiger partial charge in [-0.15, -0.1) is 5.10 Å². The lowest BCUT2D eigenvalue weighted by Crippen LogP contribution is -1.98. The Balaban J connectivity index is 1.93. The summed E-state index contributed by atoms with van der Waals surface area (Å²) in [5.74, 6) is 0. The van der Waals surface area contributed by atoms with Gasteiger partial charge in [-0.2, -0.15) is 11.3 Å². The van der Waals surface area contributed by atoms with Crippen LogP contribution in [0.5, 0.6) is 0 Å². The van der Waals surface area contributed by atoms with Gasteiger partial charge >= 0.3 is 0 Å². The number of hydrogen-bond acceptors (Lipinski definition) is 5. The zero-order valence-electron chi connectivity index (χ0n) is 8.38. The third kappa shape index (κ3) is 2.62. The molecule has 0 fully saturated rings. The molecule has 5 heteroatoms. The molecule has 2 rings (SSSR count). The van der Waals surface area contributed by atoms with E-state index in [2.05, 4.69) is 26.4 Å². The Hall–Kier alpha value is -0.780. The van der Waals surface area contributed by atoms with Gasteiger partial charge in [0.15, 0.2) is 0 Å². The van der Waals surface area contributed by atoms with Crippen molar-refractivity contribution in [2.24, 2.45) is 0 Å². The second kappa shape index (κ2) is 4.83. The van der Waals surface area contributed by atoms with E-state index in [1.807, 2.05) is 6.92 Å². The minimum atomic E-state index is -0.426. The Morgan fingerprint density at radius 1 is 1.53 bits per heavy atom. The summed E-state index contributed by atoms with van der Waals surface area (Å²) in [5, 5.41) is 18.0. The number of nitrogens with zero attached hydrogens (tertiary/aromatic N) is 2. The average molecular weight is 240 g/mol. The second-order valence-electron chi connectivity index (χ2n) is 3.41. The van der Waals surface area contributed by atoms with Gasteiger partial charge in [0.1, 0.15) is 0 Å². The van der Waals surface area contributed by atoms with Crippen molar-refractivity contribution in [2.45, 2.75) is 25.9 Å². The first-order chi connectivity index (χ1) is 7.27. The zero-order chi connectivity index (χ0) is 10.7. The van der Waals surface area contributed by atoms with Gasteiger partial charge in [0.05, 0.1) is 16.7 Å². The first-order valence-corrected chi connectivity index (χ1v) is 6.47. The smallest absolute Gasteiger partial charge is 0.0920 e. The molecule has 15 heavy (non-hydrogen) atoms. The Morgan fingerprint density at radius 3 is 3.00 bits per heavy atom. The van der Waals surface area contributed by atoms with Gasteiger partial charge < -0.3 is 5.11 Å². The fraction of sp³-hybridized carbons (Fsp3) is 0.400. The van der Waals surface area contributed by atoms with E-state index in [4.69, 9.17) is 0 Å². The van der Waals surface area contributed by atoms with Crippen molar-refractivity contribution in [1.29, 1.82) is 0 Å². The minimum absolute atomic E-state index is 0.426. The molecule has 1 atom stereocenters. The number of aliphatic hydroxyl groups is 1. The van der Waals surface area contributed by atoms with Crippen molar-refractivity contribution in [3.05, 3.63) is 33.0 Å². The monoisotopic (exact) mass is 240 g/mol. The molecule has 80 valence electrons. The molecule has 0 spiro atoms. The third-order valence-corrected chi connectivity index (χ3v) is 3.94. The van der Waals surface area contributed by atoms with E-state index in [9.17, 15) is 5.11 Å². The van der Waals surface area contributed by atoms with Gasteiger partial charge in [-0.3, -0.25) is 0 Å². The minimum Gasteiger partial charge on any atom is -0.387 e. The van der Waals surface area contributed by atoms with E-state index >= 15 is 0 Å². The average Bonchev–Trinajstić information content (AvgIpc) is 2.84. The van der Waals surface area contributed by atoms with E-state index < -0.39 is 6.10 Å². The van der Waals surface area contributed by atoms with Crippen LogP contribution < -0.4 is 0 Å². The van der Waals surface area contributed by atoms with Crippen LogP contribution in [0.15, 0.2) is 16.8 Å². The van der Waals surface area contributed by atoms with Crippen LogP contribution in [0, 0.1) is 6.92 Å². The zero-order valence-corrected chi connectivity index (χ0v) is 10.0. The van der Waals surface area contributed by atoms with E-state index in [1.54, 1.807) is 11.3 Å². The first kappa shape index (κ1) is 10.7. The van der Waals surface area contributed by atoms with Gasteiger partial charge in [0.2, 0.25) is 0 Å². The molecule has 0 aliphatic carbocycles. The van der Waals surface area contributed by atoms with Crippen LogP contribution in [-0.2, 0) is 6.42 Å². The molecular weight excluding hydrogens is 228 g/mol. The summed E-state index contributed by atoms with van der Waals surface area (Å²) < 4.78 is 3.82. The van der Waals surface area contributed by atoms with Crippen molar-refractivity contribution >= 4 is 22.9 Å². The summed E-state index contributed by atoms with van der Waals surface area (Å²) in [6, 6.07) is 2.09. The molecule has 0 aliphatic rings. The summed E-state index contributed by atoms with van der Waals surface area (Å²) in [7, 11) is 0. The molecule has 1 N–H and O–H groups in total. The molecule has 0 radical (unpaired) electrons. The molecule has 1 unspecified atom stereocenters. The molecule has 0 bridgehead atoms. The van der Waals surface area contributed by atoms with Crippen molar-refractivity contribution < 1.29 is 5.11 Å². The number of aryl methyl sites for hydroxylation is 2. The normalized spacial score (nSPS) is 12.9. The number of thiophene rings is 1. The number of rotatable bonds is 4. The molecule has 2 aromatic heterocycles. The fourth-order valence-electron chi connectivity index (χ4n) is 1.41. The van der Waals surface area contributed by atoms with Crippen molar-refractivity contribution in [3.63, 3.8) is 0 Å². The van der Waals surface area contributed by atoms with Crippen LogP contribution in [0.3, 0.4) is 0 Å². The maximum Gasteiger partial charge on any atom is 0.0920 e. The number of hydrogen-bond donors (Lipinski definition) is 1. The van der Waals surface area contributed by atoms with Gasteiger partial charge in [-0.05, 0) is 53.7 Å². The van der Waals surface area contributed by atoms with Crippen LogP contribution in [0.4, 0.5) is 0 Å². The highest BCUT2D eigenvalue weighted by Gasteiger charge is 2.13. The molecule has 0 saturated carbocycles. The summed E-state index contributed by atoms with van der Waals surface area (Å²) in [6.07, 6.45) is 1.22. The molecule has 0 aliphatic heterocycles. The summed E-state index contributed by atoms with van der Waals surface area (Å²) in [5.41, 5.74) is 2.13. The van der Waals surface area contributed by atoms with Crippen molar-refractivity contribution in [2.75, 3.05) is 0 Å². The molecule has 2 heterocycles. The predicted molar refractivity (Wildman–Crippen MR) is 62.2 cm³/mol. The SMILES string of the molecule is Cc1nnsc1C(O)CCc1ccsc1. The molecule has 0 aromatic carbocycles. The highest BCUT2D eigenvalue weighted by molar-refractivity contribution is 7.08. The summed E-state index contributed by atoms with van der Waals surface area (Å²) in [4.78, 5) is 0.894. The van der Waals surface area contributed by atoms with Crippen molar-refractivity contribution in [3.8, 4) is 0 Å². The topological polar surface area (TPSA) is 46.0 Å². The fourth-order valence-corrected chi connectivity index (χ4v) is 2.78. The van der Waals surface area contributed by atoms with E-state index in [0.29, 0.717) is 0 Å². The lowest BCUT2D eigenvalue weighted by molar-refractivity contribution is 0.170. The van der Waals surface area contributed by atoms with E-state index in [0.717, 1.165) is 23.4 Å². The Morgan fingerprint density at radius 2 is 2.40 bits per heavy atom. The van der Waals surface area contributed by atoms with Crippen LogP contribution >= 0.6 is 22.9 Å². The van der Waals surface area contributed by atoms with Gasteiger partial charge in [-0.1, -0.05) is 4.49 Å². The highest BCUT2D eigenvalue weighted by atomic mass is 32.1. The standard InChI is InChI=1S/C10H12N2OS2/c1-7-10(15-12-11-7)9(13)3-2-8-4-5-14-6-8/h4-6,9,13H,2-3H2,1H3. The van der Waals surface area contributed by atoms with Crippen LogP contribution in [0.25, 0.3) is 0 Å². The Kier molecular flexibility index (Phi) is 3.45. The largest absolute Gasteiger partial charge is 0.387 e. The number of aliphatic hydroxyl groups excluding tert-OH is 1. The molecule has 0 saturated heterocycles. The van der Waals surface area contributed by atoms with Crippen LogP contribution in [-0.4, -0.2) is 14.7 Å². The quantitative estimate of drug-likeness (QED) is 0.893. The Labute approximate surface area is 96.6 Å². The van der Waals surface area contributed by atoms with Crippen LogP contribution in [0.1, 0.15) is 28.7 Å². The molecule has 0 amide bonds. The maximum atomic E-state index is 9.92. The van der Waals surface area contributed by atoms with E-state index in [-0.39, 0.29) is 0 Å². The maximum absolute atomic E-state index is 9.92. The van der Waals surface area contributed by atoms with Gasteiger partial charge in [-0.25, -0.2) is 0 Å². The van der Waals surface area contributed by atoms with Gasteiger partial charge in [0, 0.05) is 0 Å². The molecule has 3 nitrogen and oxygen atoms in total. The third-order valence-electron chi connectivity index (χ3n) is 2.28. The highest BCUT2D eigenvalue weighted by Crippen LogP contribution is 2.24. The summed E-state index contributed by atoms with van der Waals surface area (Å²) >= 11 is 2.97. The number of aromatic nitrogens is 2. The summed E-state index contributed by atoms with van der Waals surface area (Å²) in [6.45, 7) is 1.88. The molecular formula is C10H12N2OS2. The Bertz CT molecular complexity index is 411. The van der Waals surface area contributed by atoms with Crippen LogP contribution in [0.2, 0.25) is 0 Å². The second-order valence-corrected chi connectivity index (χ2v) is 4.97. The first-order valence-electron chi connectivity index (χ1n) is 4.75. The lowest BCUT2D eigenvalue weighted by atomic mass is 10.1. The lowest BCUT2D eigenvalue weighted by Gasteiger charge is -2.07. The van der Waals surface area contributed by atoms with Crippen molar-refractivity contribution in [1.82, 2.24) is 9.59 Å². The predicted octanol–water partition coefficient (Wildman–Crippen LogP) is 2.57. The van der Waals surface area contributed by atoms with Gasteiger partial charge in [0.25, 0.3) is 0 Å². The van der Waals surface area contributed by atoms with E-state index in [1.165, 1.54) is 17.1 Å². The molecule has 2 aromatic rings.